The van der Waals surface area contributed by atoms with E-state index < -0.39 is 18.1 Å². The van der Waals surface area contributed by atoms with Gasteiger partial charge in [-0.05, 0) is 42.7 Å². The number of esters is 1. The van der Waals surface area contributed by atoms with Gasteiger partial charge < -0.3 is 24.1 Å². The van der Waals surface area contributed by atoms with Crippen LogP contribution >= 0.6 is 0 Å². The van der Waals surface area contributed by atoms with Gasteiger partial charge >= 0.3 is 5.97 Å². The van der Waals surface area contributed by atoms with Gasteiger partial charge in [0.15, 0.2) is 11.5 Å². The zero-order valence-electron chi connectivity index (χ0n) is 21.9. The first-order valence-corrected chi connectivity index (χ1v) is 13.1. The molecular weight excluding hydrogens is 484 g/mol. The molecule has 1 amide bonds. The van der Waals surface area contributed by atoms with E-state index in [0.717, 1.165) is 18.4 Å². The van der Waals surface area contributed by atoms with E-state index in [-0.39, 0.29) is 31.3 Å². The highest BCUT2D eigenvalue weighted by atomic mass is 16.7. The SMILES string of the molecule is CCCC[C@@H](C(=O)N[C@@H](CC(=O)OCC)c1ccc2c(c1)OCO2)n1cccc(Cc2ccccc2)c1=O. The fourth-order valence-electron chi connectivity index (χ4n) is 4.58. The summed E-state index contributed by atoms with van der Waals surface area (Å²) in [5.41, 5.74) is 2.13. The molecule has 8 nitrogen and oxygen atoms in total. The number of carbonyl (C=O) groups is 2. The van der Waals surface area contributed by atoms with Crippen molar-refractivity contribution in [2.24, 2.45) is 0 Å². The van der Waals surface area contributed by atoms with Crippen molar-refractivity contribution >= 4 is 11.9 Å². The maximum Gasteiger partial charge on any atom is 0.308 e. The lowest BCUT2D eigenvalue weighted by molar-refractivity contribution is -0.143. The summed E-state index contributed by atoms with van der Waals surface area (Å²) in [6, 6.07) is 17.3. The van der Waals surface area contributed by atoms with Crippen LogP contribution in [0.4, 0.5) is 0 Å². The molecule has 0 bridgehead atoms. The molecule has 1 aliphatic heterocycles. The second kappa shape index (κ2) is 12.9. The van der Waals surface area contributed by atoms with Crippen LogP contribution in [0.15, 0.2) is 71.7 Å². The monoisotopic (exact) mass is 518 g/mol. The Kier molecular flexibility index (Phi) is 9.19. The van der Waals surface area contributed by atoms with Crippen LogP contribution in [0.2, 0.25) is 0 Å². The van der Waals surface area contributed by atoms with Gasteiger partial charge in [-0.1, -0.05) is 62.2 Å². The minimum absolute atomic E-state index is 0.0529. The topological polar surface area (TPSA) is 95.9 Å². The molecule has 0 spiro atoms. The van der Waals surface area contributed by atoms with Gasteiger partial charge in [-0.15, -0.1) is 0 Å². The number of fused-ring (bicyclic) bond motifs is 1. The van der Waals surface area contributed by atoms with Gasteiger partial charge in [0, 0.05) is 18.2 Å². The summed E-state index contributed by atoms with van der Waals surface area (Å²) in [4.78, 5) is 39.7. The van der Waals surface area contributed by atoms with Gasteiger partial charge in [0.25, 0.3) is 5.56 Å². The molecule has 1 N–H and O–H groups in total. The van der Waals surface area contributed by atoms with Crippen LogP contribution in [-0.2, 0) is 20.7 Å². The van der Waals surface area contributed by atoms with Crippen molar-refractivity contribution < 1.29 is 23.8 Å². The van der Waals surface area contributed by atoms with E-state index in [9.17, 15) is 14.4 Å². The van der Waals surface area contributed by atoms with Gasteiger partial charge in [-0.2, -0.15) is 0 Å². The number of hydrogen-bond acceptors (Lipinski definition) is 6. The minimum Gasteiger partial charge on any atom is -0.466 e. The van der Waals surface area contributed by atoms with Gasteiger partial charge in [-0.3, -0.25) is 14.4 Å². The van der Waals surface area contributed by atoms with E-state index in [4.69, 9.17) is 14.2 Å². The number of rotatable bonds is 12. The van der Waals surface area contributed by atoms with Crippen LogP contribution in [0.5, 0.6) is 11.5 Å². The number of aromatic nitrogens is 1. The Bertz CT molecular complexity index is 1300. The molecule has 0 fully saturated rings. The molecule has 200 valence electrons. The fourth-order valence-corrected chi connectivity index (χ4v) is 4.58. The number of benzene rings is 2. The van der Waals surface area contributed by atoms with E-state index in [1.54, 1.807) is 43.5 Å². The highest BCUT2D eigenvalue weighted by Gasteiger charge is 2.28. The van der Waals surface area contributed by atoms with Crippen molar-refractivity contribution in [3.63, 3.8) is 0 Å². The summed E-state index contributed by atoms with van der Waals surface area (Å²) in [6.45, 7) is 4.14. The zero-order chi connectivity index (χ0) is 26.9. The lowest BCUT2D eigenvalue weighted by atomic mass is 10.0. The lowest BCUT2D eigenvalue weighted by Crippen LogP contribution is -2.40. The number of ether oxygens (including phenoxy) is 3. The predicted octanol–water partition coefficient (Wildman–Crippen LogP) is 4.71. The molecule has 0 saturated carbocycles. The van der Waals surface area contributed by atoms with Crippen molar-refractivity contribution in [1.29, 1.82) is 0 Å². The van der Waals surface area contributed by atoms with Crippen LogP contribution in [0, 0.1) is 0 Å². The largest absolute Gasteiger partial charge is 0.466 e. The molecule has 4 rings (SSSR count). The first-order valence-electron chi connectivity index (χ1n) is 13.1. The van der Waals surface area contributed by atoms with Crippen molar-refractivity contribution in [3.05, 3.63) is 93.9 Å². The van der Waals surface area contributed by atoms with Crippen LogP contribution in [0.3, 0.4) is 0 Å². The summed E-state index contributed by atoms with van der Waals surface area (Å²) in [5.74, 6) is 0.405. The number of nitrogens with zero attached hydrogens (tertiary/aromatic N) is 1. The quantitative estimate of drug-likeness (QED) is 0.349. The molecule has 1 aliphatic rings. The molecule has 2 aromatic carbocycles. The summed E-state index contributed by atoms with van der Waals surface area (Å²) >= 11 is 0. The molecule has 38 heavy (non-hydrogen) atoms. The molecule has 0 saturated heterocycles. The Morgan fingerprint density at radius 3 is 2.58 bits per heavy atom. The predicted molar refractivity (Wildman–Crippen MR) is 143 cm³/mol. The third-order valence-electron chi connectivity index (χ3n) is 6.55. The average molecular weight is 519 g/mol. The highest BCUT2D eigenvalue weighted by Crippen LogP contribution is 2.35. The Hall–Kier alpha value is -4.07. The summed E-state index contributed by atoms with van der Waals surface area (Å²) in [7, 11) is 0. The maximum atomic E-state index is 13.7. The lowest BCUT2D eigenvalue weighted by Gasteiger charge is -2.24. The highest BCUT2D eigenvalue weighted by molar-refractivity contribution is 5.82. The van der Waals surface area contributed by atoms with Crippen molar-refractivity contribution in [3.8, 4) is 11.5 Å². The molecule has 1 aromatic heterocycles. The molecule has 0 unspecified atom stereocenters. The number of amides is 1. The standard InChI is InChI=1S/C30H34N2O6/c1-3-5-13-25(32-16-9-12-23(30(32)35)17-21-10-7-6-8-11-21)29(34)31-24(19-28(33)36-4-2)22-14-15-26-27(18-22)38-20-37-26/h6-12,14-16,18,24-25H,3-5,13,17,19-20H2,1-2H3,(H,31,34)/t24-,25-/m0/s1. The third kappa shape index (κ3) is 6.62. The van der Waals surface area contributed by atoms with Crippen LogP contribution in [0.25, 0.3) is 0 Å². The molecule has 0 radical (unpaired) electrons. The van der Waals surface area contributed by atoms with E-state index >= 15 is 0 Å². The van der Waals surface area contributed by atoms with Crippen molar-refractivity contribution in [1.82, 2.24) is 9.88 Å². The minimum atomic E-state index is -0.725. The van der Waals surface area contributed by atoms with E-state index in [2.05, 4.69) is 5.32 Å². The first-order chi connectivity index (χ1) is 18.5. The van der Waals surface area contributed by atoms with Gasteiger partial charge in [0.2, 0.25) is 12.7 Å². The maximum absolute atomic E-state index is 13.7. The van der Waals surface area contributed by atoms with Gasteiger partial charge in [0.05, 0.1) is 19.1 Å². The number of carbonyl (C=O) groups excluding carboxylic acids is 2. The van der Waals surface area contributed by atoms with E-state index in [1.165, 1.54) is 4.57 Å². The molecule has 2 heterocycles. The van der Waals surface area contributed by atoms with Crippen molar-refractivity contribution in [2.45, 2.75) is 58.0 Å². The molecule has 3 aromatic rings. The second-order valence-electron chi connectivity index (χ2n) is 9.25. The molecule has 8 heteroatoms. The number of hydrogen-bond donors (Lipinski definition) is 1. The van der Waals surface area contributed by atoms with E-state index in [1.807, 2.05) is 37.3 Å². The van der Waals surface area contributed by atoms with Crippen LogP contribution < -0.4 is 20.3 Å². The van der Waals surface area contributed by atoms with Crippen LogP contribution in [0.1, 0.15) is 68.3 Å². The third-order valence-corrected chi connectivity index (χ3v) is 6.55. The summed E-state index contributed by atoms with van der Waals surface area (Å²) in [6.07, 6.45) is 4.21. The smallest absolute Gasteiger partial charge is 0.308 e. The molecule has 2 atom stereocenters. The Morgan fingerprint density at radius 1 is 1.03 bits per heavy atom. The fraction of sp³-hybridized carbons (Fsp3) is 0.367. The Labute approximate surface area is 222 Å². The van der Waals surface area contributed by atoms with E-state index in [0.29, 0.717) is 35.5 Å². The van der Waals surface area contributed by atoms with Gasteiger partial charge in [-0.25, -0.2) is 0 Å². The Balaban J connectivity index is 1.62. The summed E-state index contributed by atoms with van der Waals surface area (Å²) < 4.78 is 17.6. The Morgan fingerprint density at radius 2 is 1.82 bits per heavy atom. The zero-order valence-corrected chi connectivity index (χ0v) is 21.9. The van der Waals surface area contributed by atoms with Crippen molar-refractivity contribution in [2.75, 3.05) is 13.4 Å². The molecular formula is C30H34N2O6. The average Bonchev–Trinajstić information content (AvgIpc) is 3.39. The second-order valence-corrected chi connectivity index (χ2v) is 9.25. The first kappa shape index (κ1) is 27.0. The normalized spacial score (nSPS) is 13.5. The van der Waals surface area contributed by atoms with Gasteiger partial charge in [0.1, 0.15) is 6.04 Å². The number of pyridine rings is 1. The number of unbranched alkanes of at least 4 members (excludes halogenated alkanes) is 1. The summed E-state index contributed by atoms with van der Waals surface area (Å²) in [5, 5.41) is 3.02. The number of nitrogens with one attached hydrogen (secondary N) is 1. The van der Waals surface area contributed by atoms with Crippen LogP contribution in [-0.4, -0.2) is 29.8 Å². The molecule has 0 aliphatic carbocycles.